The number of rotatable bonds is 6. The molecule has 0 spiro atoms. The van der Waals surface area contributed by atoms with Crippen LogP contribution in [0.4, 0.5) is 10.5 Å². The van der Waals surface area contributed by atoms with Crippen molar-refractivity contribution in [2.45, 2.75) is 38.1 Å². The number of urea groups is 1. The first-order valence-electron chi connectivity index (χ1n) is 10.7. The summed E-state index contributed by atoms with van der Waals surface area (Å²) in [6, 6.07) is 13.6. The fourth-order valence-corrected chi connectivity index (χ4v) is 5.20. The zero-order valence-electron chi connectivity index (χ0n) is 18.5. The lowest BCUT2D eigenvalue weighted by atomic mass is 9.93. The zero-order chi connectivity index (χ0) is 23.8. The summed E-state index contributed by atoms with van der Waals surface area (Å²) in [4.78, 5) is 38.3. The van der Waals surface area contributed by atoms with E-state index in [1.807, 2.05) is 30.3 Å². The van der Waals surface area contributed by atoms with E-state index in [1.54, 1.807) is 19.1 Å². The molecule has 1 fully saturated rings. The van der Waals surface area contributed by atoms with Crippen molar-refractivity contribution in [3.8, 4) is 0 Å². The quantitative estimate of drug-likeness (QED) is 0.627. The molecule has 0 unspecified atom stereocenters. The number of hydrogen-bond acceptors (Lipinski definition) is 5. The van der Waals surface area contributed by atoms with Crippen LogP contribution in [0.5, 0.6) is 0 Å². The molecule has 0 radical (unpaired) electrons. The number of hydrazine groups is 1. The highest BCUT2D eigenvalue weighted by Gasteiger charge is 2.48. The predicted molar refractivity (Wildman–Crippen MR) is 123 cm³/mol. The Balaban J connectivity index is 1.47. The van der Waals surface area contributed by atoms with Gasteiger partial charge in [0, 0.05) is 12.1 Å². The van der Waals surface area contributed by atoms with Crippen LogP contribution in [-0.4, -0.2) is 49.6 Å². The van der Waals surface area contributed by atoms with Gasteiger partial charge >= 0.3 is 6.03 Å². The highest BCUT2D eigenvalue weighted by atomic mass is 32.2. The van der Waals surface area contributed by atoms with Gasteiger partial charge in [-0.05, 0) is 61.9 Å². The largest absolute Gasteiger partial charge is 0.344 e. The number of fused-ring (bicyclic) bond motifs is 1. The van der Waals surface area contributed by atoms with Crippen LogP contribution < -0.4 is 15.0 Å². The smallest absolute Gasteiger partial charge is 0.322 e. The summed E-state index contributed by atoms with van der Waals surface area (Å²) < 4.78 is 25.4. The van der Waals surface area contributed by atoms with Crippen molar-refractivity contribution < 1.29 is 22.8 Å². The molecule has 174 valence electrons. The number of imide groups is 1. The van der Waals surface area contributed by atoms with E-state index in [0.717, 1.165) is 22.4 Å². The van der Waals surface area contributed by atoms with Crippen molar-refractivity contribution in [1.82, 2.24) is 15.8 Å². The van der Waals surface area contributed by atoms with Gasteiger partial charge in [-0.2, -0.15) is 5.01 Å². The molecule has 2 aromatic carbocycles. The van der Waals surface area contributed by atoms with Crippen LogP contribution in [-0.2, 0) is 27.7 Å². The average Bonchev–Trinajstić information content (AvgIpc) is 3.00. The van der Waals surface area contributed by atoms with E-state index < -0.39 is 33.4 Å². The summed E-state index contributed by atoms with van der Waals surface area (Å²) in [6.45, 7) is 2.03. The van der Waals surface area contributed by atoms with Gasteiger partial charge in [0.2, 0.25) is 10.0 Å². The van der Waals surface area contributed by atoms with Gasteiger partial charge in [0.05, 0.1) is 11.9 Å². The molecule has 0 aliphatic carbocycles. The van der Waals surface area contributed by atoms with Crippen LogP contribution in [0.3, 0.4) is 0 Å². The summed E-state index contributed by atoms with van der Waals surface area (Å²) >= 11 is 0. The van der Waals surface area contributed by atoms with Gasteiger partial charge in [-0.25, -0.2) is 13.2 Å². The van der Waals surface area contributed by atoms with E-state index in [4.69, 9.17) is 0 Å². The maximum absolute atomic E-state index is 13.0. The molecule has 10 heteroatoms. The Kier molecular flexibility index (Phi) is 5.87. The Labute approximate surface area is 192 Å². The number of benzene rings is 2. The molecule has 4 amide bonds. The van der Waals surface area contributed by atoms with Gasteiger partial charge in [0.15, 0.2) is 0 Å². The molecular formula is C23H26N4O5S. The van der Waals surface area contributed by atoms with Crippen LogP contribution in [0, 0.1) is 0 Å². The average molecular weight is 471 g/mol. The second kappa shape index (κ2) is 8.51. The summed E-state index contributed by atoms with van der Waals surface area (Å²) in [5, 5.41) is 3.40. The van der Waals surface area contributed by atoms with Crippen LogP contribution in [0.15, 0.2) is 48.5 Å². The first-order chi connectivity index (χ1) is 15.6. The minimum absolute atomic E-state index is 0.239. The number of carbonyl (C=O) groups excluding carboxylic acids is 3. The van der Waals surface area contributed by atoms with Crippen LogP contribution in [0.2, 0.25) is 0 Å². The van der Waals surface area contributed by atoms with Gasteiger partial charge in [-0.15, -0.1) is 0 Å². The molecule has 2 heterocycles. The van der Waals surface area contributed by atoms with Gasteiger partial charge in [0.25, 0.3) is 11.8 Å². The monoisotopic (exact) mass is 470 g/mol. The topological polar surface area (TPSA) is 116 Å². The summed E-state index contributed by atoms with van der Waals surface area (Å²) in [7, 11) is -3.42. The third-order valence-electron chi connectivity index (χ3n) is 6.05. The molecule has 33 heavy (non-hydrogen) atoms. The SMILES string of the molecule is C[C@]1(CCc2ccccc2)NC(=O)N(NC(=O)c2ccc3c(c2)CCCN3S(C)(=O)=O)C1=O. The standard InChI is InChI=1S/C23H26N4O5S/c1-23(13-12-16-7-4-3-5-8-16)21(29)27(22(30)24-23)25-20(28)18-10-11-19-17(15-18)9-6-14-26(19)33(2,31)32/h3-5,7-8,10-11,15H,6,9,12-14H2,1-2H3,(H,24,30)(H,25,28)/t23-/m1/s1. The minimum atomic E-state index is -3.42. The molecule has 2 aliphatic rings. The fourth-order valence-electron chi connectivity index (χ4n) is 4.21. The highest BCUT2D eigenvalue weighted by molar-refractivity contribution is 7.92. The summed E-state index contributed by atoms with van der Waals surface area (Å²) in [5.74, 6) is -1.15. The Morgan fingerprint density at radius 2 is 1.88 bits per heavy atom. The fraction of sp³-hybridized carbons (Fsp3) is 0.348. The number of amides is 4. The van der Waals surface area contributed by atoms with E-state index in [9.17, 15) is 22.8 Å². The van der Waals surface area contributed by atoms with Gasteiger partial charge in [-0.3, -0.25) is 19.3 Å². The zero-order valence-corrected chi connectivity index (χ0v) is 19.3. The van der Waals surface area contributed by atoms with Crippen LogP contribution in [0.25, 0.3) is 0 Å². The third-order valence-corrected chi connectivity index (χ3v) is 7.23. The normalized spacial score (nSPS) is 20.4. The molecule has 0 saturated carbocycles. The van der Waals surface area contributed by atoms with E-state index in [-0.39, 0.29) is 5.56 Å². The second-order valence-electron chi connectivity index (χ2n) is 8.61. The van der Waals surface area contributed by atoms with Crippen molar-refractivity contribution >= 4 is 33.6 Å². The van der Waals surface area contributed by atoms with E-state index in [2.05, 4.69) is 10.7 Å². The van der Waals surface area contributed by atoms with Crippen molar-refractivity contribution in [3.63, 3.8) is 0 Å². The molecule has 9 nitrogen and oxygen atoms in total. The minimum Gasteiger partial charge on any atom is -0.322 e. The number of carbonyl (C=O) groups is 3. The number of aryl methyl sites for hydroxylation is 2. The maximum Gasteiger partial charge on any atom is 0.344 e. The molecule has 2 aliphatic heterocycles. The predicted octanol–water partition coefficient (Wildman–Crippen LogP) is 1.99. The number of nitrogens with one attached hydrogen (secondary N) is 2. The molecular weight excluding hydrogens is 444 g/mol. The van der Waals surface area contributed by atoms with Crippen LogP contribution >= 0.6 is 0 Å². The third kappa shape index (κ3) is 4.56. The lowest BCUT2D eigenvalue weighted by molar-refractivity contribution is -0.132. The van der Waals surface area contributed by atoms with Crippen LogP contribution in [0.1, 0.15) is 41.3 Å². The van der Waals surface area contributed by atoms with E-state index in [1.165, 1.54) is 10.4 Å². The Bertz CT molecular complexity index is 1210. The number of sulfonamides is 1. The van der Waals surface area contributed by atoms with Crippen molar-refractivity contribution in [2.75, 3.05) is 17.1 Å². The maximum atomic E-state index is 13.0. The van der Waals surface area contributed by atoms with Crippen molar-refractivity contribution in [2.24, 2.45) is 0 Å². The lowest BCUT2D eigenvalue weighted by Crippen LogP contribution is -2.49. The Hall–Kier alpha value is -3.40. The van der Waals surface area contributed by atoms with E-state index in [0.29, 0.717) is 37.9 Å². The number of anilines is 1. The lowest BCUT2D eigenvalue weighted by Gasteiger charge is -2.29. The molecule has 1 atom stereocenters. The van der Waals surface area contributed by atoms with E-state index >= 15 is 0 Å². The first kappa shape index (κ1) is 22.8. The second-order valence-corrected chi connectivity index (χ2v) is 10.5. The van der Waals surface area contributed by atoms with Gasteiger partial charge < -0.3 is 5.32 Å². The molecule has 0 aromatic heterocycles. The first-order valence-corrected chi connectivity index (χ1v) is 12.6. The molecule has 2 N–H and O–H groups in total. The molecule has 4 rings (SSSR count). The number of nitrogens with zero attached hydrogens (tertiary/aromatic N) is 2. The van der Waals surface area contributed by atoms with Crippen molar-refractivity contribution in [3.05, 3.63) is 65.2 Å². The Morgan fingerprint density at radius 1 is 1.15 bits per heavy atom. The summed E-state index contributed by atoms with van der Waals surface area (Å²) in [5.41, 5.74) is 3.82. The molecule has 0 bridgehead atoms. The molecule has 1 saturated heterocycles. The summed E-state index contributed by atoms with van der Waals surface area (Å²) in [6.07, 6.45) is 3.39. The number of hydrogen-bond donors (Lipinski definition) is 2. The van der Waals surface area contributed by atoms with Crippen molar-refractivity contribution in [1.29, 1.82) is 0 Å². The van der Waals surface area contributed by atoms with Gasteiger partial charge in [0.1, 0.15) is 5.54 Å². The Morgan fingerprint density at radius 3 is 2.58 bits per heavy atom. The van der Waals surface area contributed by atoms with Gasteiger partial charge in [-0.1, -0.05) is 30.3 Å². The highest BCUT2D eigenvalue weighted by Crippen LogP contribution is 2.30. The molecule has 2 aromatic rings.